The number of amides is 1. The van der Waals surface area contributed by atoms with E-state index in [4.69, 9.17) is 16.7 Å². The van der Waals surface area contributed by atoms with Crippen LogP contribution in [0.25, 0.3) is 0 Å². The molecule has 0 aliphatic rings. The molecule has 1 aromatic carbocycles. The number of halogens is 1. The Bertz CT molecular complexity index is 624. The number of nitrogens with zero attached hydrogens (tertiary/aromatic N) is 1. The van der Waals surface area contributed by atoms with Gasteiger partial charge in [0.05, 0.1) is 5.56 Å². The highest BCUT2D eigenvalue weighted by atomic mass is 35.5. The first kappa shape index (κ1) is 14.0. The van der Waals surface area contributed by atoms with E-state index in [2.05, 4.69) is 10.3 Å². The van der Waals surface area contributed by atoms with Crippen LogP contribution >= 0.6 is 11.6 Å². The van der Waals surface area contributed by atoms with Crippen LogP contribution in [0, 0.1) is 0 Å². The minimum Gasteiger partial charge on any atom is -0.478 e. The summed E-state index contributed by atoms with van der Waals surface area (Å²) in [6, 6.07) is 9.81. The zero-order chi connectivity index (χ0) is 14.5. The molecule has 1 heterocycles. The first-order valence-electron chi connectivity index (χ1n) is 5.78. The molecular formula is C14H11ClN2O3. The third-order valence-corrected chi connectivity index (χ3v) is 2.86. The molecule has 0 saturated carbocycles. The lowest BCUT2D eigenvalue weighted by molar-refractivity contribution is 0.0695. The Labute approximate surface area is 120 Å². The van der Waals surface area contributed by atoms with Crippen molar-refractivity contribution in [1.29, 1.82) is 0 Å². The highest BCUT2D eigenvalue weighted by Gasteiger charge is 2.09. The van der Waals surface area contributed by atoms with Gasteiger partial charge >= 0.3 is 5.97 Å². The van der Waals surface area contributed by atoms with Crippen LogP contribution in [0.15, 0.2) is 42.6 Å². The molecule has 2 N–H and O–H groups in total. The van der Waals surface area contributed by atoms with Gasteiger partial charge in [-0.3, -0.25) is 9.78 Å². The molecule has 6 heteroatoms. The van der Waals surface area contributed by atoms with Gasteiger partial charge in [-0.2, -0.15) is 0 Å². The Hall–Kier alpha value is -2.40. The molecule has 20 heavy (non-hydrogen) atoms. The zero-order valence-corrected chi connectivity index (χ0v) is 11.1. The second kappa shape index (κ2) is 6.16. The van der Waals surface area contributed by atoms with E-state index in [1.807, 2.05) is 12.1 Å². The van der Waals surface area contributed by atoms with E-state index >= 15 is 0 Å². The minimum absolute atomic E-state index is 0.0410. The summed E-state index contributed by atoms with van der Waals surface area (Å²) in [6.07, 6.45) is 1.15. The third kappa shape index (κ3) is 3.55. The standard InChI is InChI=1S/C14H11ClN2O3/c15-11-4-1-9(2-5-11)7-17-13(18)12-6-3-10(8-16-12)14(19)20/h1-6,8H,7H2,(H,17,18)(H,19,20). The van der Waals surface area contributed by atoms with Gasteiger partial charge in [0.15, 0.2) is 0 Å². The van der Waals surface area contributed by atoms with Crippen molar-refractivity contribution < 1.29 is 14.7 Å². The molecule has 5 nitrogen and oxygen atoms in total. The molecule has 0 saturated heterocycles. The zero-order valence-electron chi connectivity index (χ0n) is 10.3. The molecule has 0 spiro atoms. The number of pyridine rings is 1. The first-order chi connectivity index (χ1) is 9.56. The van der Waals surface area contributed by atoms with Crippen LogP contribution in [-0.2, 0) is 6.54 Å². The summed E-state index contributed by atoms with van der Waals surface area (Å²) in [5.74, 6) is -1.44. The van der Waals surface area contributed by atoms with Crippen molar-refractivity contribution in [2.24, 2.45) is 0 Å². The summed E-state index contributed by atoms with van der Waals surface area (Å²) in [7, 11) is 0. The van der Waals surface area contributed by atoms with Crippen LogP contribution in [-0.4, -0.2) is 22.0 Å². The number of rotatable bonds is 4. The van der Waals surface area contributed by atoms with E-state index in [0.29, 0.717) is 11.6 Å². The van der Waals surface area contributed by atoms with Crippen molar-refractivity contribution in [3.8, 4) is 0 Å². The van der Waals surface area contributed by atoms with Crippen molar-refractivity contribution in [1.82, 2.24) is 10.3 Å². The van der Waals surface area contributed by atoms with Crippen LogP contribution in [0.3, 0.4) is 0 Å². The fraction of sp³-hybridized carbons (Fsp3) is 0.0714. The molecule has 0 bridgehead atoms. The number of aromatic nitrogens is 1. The third-order valence-electron chi connectivity index (χ3n) is 2.61. The maximum atomic E-state index is 11.8. The Morgan fingerprint density at radius 3 is 2.40 bits per heavy atom. The number of hydrogen-bond donors (Lipinski definition) is 2. The number of carbonyl (C=O) groups is 2. The number of carbonyl (C=O) groups excluding carboxylic acids is 1. The molecule has 0 aliphatic heterocycles. The number of hydrogen-bond acceptors (Lipinski definition) is 3. The Morgan fingerprint density at radius 1 is 1.15 bits per heavy atom. The van der Waals surface area contributed by atoms with E-state index in [0.717, 1.165) is 11.8 Å². The van der Waals surface area contributed by atoms with Crippen molar-refractivity contribution in [2.75, 3.05) is 0 Å². The number of benzene rings is 1. The Morgan fingerprint density at radius 2 is 1.85 bits per heavy atom. The van der Waals surface area contributed by atoms with E-state index in [9.17, 15) is 9.59 Å². The van der Waals surface area contributed by atoms with Gasteiger partial charge in [-0.05, 0) is 29.8 Å². The maximum absolute atomic E-state index is 11.8. The van der Waals surface area contributed by atoms with Crippen LogP contribution in [0.2, 0.25) is 5.02 Å². The average molecular weight is 291 g/mol. The van der Waals surface area contributed by atoms with Gasteiger partial charge in [-0.1, -0.05) is 23.7 Å². The molecular weight excluding hydrogens is 280 g/mol. The lowest BCUT2D eigenvalue weighted by Gasteiger charge is -2.05. The van der Waals surface area contributed by atoms with Crippen molar-refractivity contribution in [2.45, 2.75) is 6.54 Å². The molecule has 0 atom stereocenters. The molecule has 0 fully saturated rings. The normalized spacial score (nSPS) is 10.1. The first-order valence-corrected chi connectivity index (χ1v) is 6.16. The topological polar surface area (TPSA) is 79.3 Å². The summed E-state index contributed by atoms with van der Waals surface area (Å²) in [5, 5.41) is 12.1. The van der Waals surface area contributed by atoms with Gasteiger partial charge < -0.3 is 10.4 Å². The number of carboxylic acids is 1. The Kier molecular flexibility index (Phi) is 4.32. The number of aromatic carboxylic acids is 1. The van der Waals surface area contributed by atoms with Crippen molar-refractivity contribution in [3.63, 3.8) is 0 Å². The molecule has 0 aliphatic carbocycles. The summed E-state index contributed by atoms with van der Waals surface area (Å²) in [5.41, 5.74) is 1.12. The van der Waals surface area contributed by atoms with Gasteiger partial charge in [0.1, 0.15) is 5.69 Å². The maximum Gasteiger partial charge on any atom is 0.337 e. The molecule has 102 valence electrons. The van der Waals surface area contributed by atoms with Gasteiger partial charge in [-0.25, -0.2) is 4.79 Å². The van der Waals surface area contributed by atoms with Gasteiger partial charge in [-0.15, -0.1) is 0 Å². The van der Waals surface area contributed by atoms with Crippen molar-refractivity contribution >= 4 is 23.5 Å². The largest absolute Gasteiger partial charge is 0.478 e. The second-order valence-corrected chi connectivity index (χ2v) is 4.48. The van der Waals surface area contributed by atoms with Crippen LogP contribution < -0.4 is 5.32 Å². The van der Waals surface area contributed by atoms with Crippen LogP contribution in [0.5, 0.6) is 0 Å². The van der Waals surface area contributed by atoms with Gasteiger partial charge in [0.2, 0.25) is 0 Å². The van der Waals surface area contributed by atoms with Crippen molar-refractivity contribution in [3.05, 3.63) is 64.4 Å². The summed E-state index contributed by atoms with van der Waals surface area (Å²) in [6.45, 7) is 0.346. The summed E-state index contributed by atoms with van der Waals surface area (Å²) >= 11 is 5.77. The predicted octanol–water partition coefficient (Wildman–Crippen LogP) is 2.36. The van der Waals surface area contributed by atoms with Crippen LogP contribution in [0.1, 0.15) is 26.4 Å². The van der Waals surface area contributed by atoms with Gasteiger partial charge in [0, 0.05) is 17.8 Å². The lowest BCUT2D eigenvalue weighted by Crippen LogP contribution is -2.23. The number of nitrogens with one attached hydrogen (secondary N) is 1. The monoisotopic (exact) mass is 290 g/mol. The molecule has 0 radical (unpaired) electrons. The van der Waals surface area contributed by atoms with E-state index < -0.39 is 5.97 Å². The fourth-order valence-corrected chi connectivity index (χ4v) is 1.66. The second-order valence-electron chi connectivity index (χ2n) is 4.05. The molecule has 1 aromatic heterocycles. The summed E-state index contributed by atoms with van der Waals surface area (Å²) in [4.78, 5) is 26.3. The highest BCUT2D eigenvalue weighted by molar-refractivity contribution is 6.30. The minimum atomic E-state index is -1.08. The quantitative estimate of drug-likeness (QED) is 0.906. The summed E-state index contributed by atoms with van der Waals surface area (Å²) < 4.78 is 0. The Balaban J connectivity index is 1.97. The van der Waals surface area contributed by atoms with Crippen LogP contribution in [0.4, 0.5) is 0 Å². The van der Waals surface area contributed by atoms with E-state index in [-0.39, 0.29) is 17.2 Å². The number of carboxylic acid groups (broad SMARTS) is 1. The molecule has 2 aromatic rings. The van der Waals surface area contributed by atoms with E-state index in [1.54, 1.807) is 12.1 Å². The smallest absolute Gasteiger partial charge is 0.337 e. The highest BCUT2D eigenvalue weighted by Crippen LogP contribution is 2.09. The molecule has 2 rings (SSSR count). The fourth-order valence-electron chi connectivity index (χ4n) is 1.53. The lowest BCUT2D eigenvalue weighted by atomic mass is 10.2. The molecule has 0 unspecified atom stereocenters. The predicted molar refractivity (Wildman–Crippen MR) is 73.8 cm³/mol. The molecule has 1 amide bonds. The van der Waals surface area contributed by atoms with E-state index in [1.165, 1.54) is 12.1 Å². The SMILES string of the molecule is O=C(O)c1ccc(C(=O)NCc2ccc(Cl)cc2)nc1. The van der Waals surface area contributed by atoms with Gasteiger partial charge in [0.25, 0.3) is 5.91 Å². The average Bonchev–Trinajstić information content (AvgIpc) is 2.46.